The molecule has 0 spiro atoms. The highest BCUT2D eigenvalue weighted by molar-refractivity contribution is 8.00. The quantitative estimate of drug-likeness (QED) is 0.200. The van der Waals surface area contributed by atoms with Crippen molar-refractivity contribution >= 4 is 52.2 Å². The van der Waals surface area contributed by atoms with E-state index >= 15 is 0 Å². The van der Waals surface area contributed by atoms with Crippen LogP contribution in [-0.2, 0) is 16.8 Å². The van der Waals surface area contributed by atoms with Crippen LogP contribution in [0.3, 0.4) is 0 Å². The molecule has 0 aliphatic rings. The van der Waals surface area contributed by atoms with Gasteiger partial charge in [-0.1, -0.05) is 85.3 Å². The predicted molar refractivity (Wildman–Crippen MR) is 167 cm³/mol. The molecule has 39 heavy (non-hydrogen) atoms. The summed E-state index contributed by atoms with van der Waals surface area (Å²) in [7, 11) is 0. The molecule has 1 N–H and O–H groups in total. The molecular formula is C34H36ClNO2S. The van der Waals surface area contributed by atoms with E-state index in [-0.39, 0.29) is 16.3 Å². The zero-order chi connectivity index (χ0) is 28.0. The molecule has 1 heterocycles. The van der Waals surface area contributed by atoms with Crippen LogP contribution in [0.15, 0.2) is 78.9 Å². The maximum atomic E-state index is 12.4. The number of halogens is 1. The van der Waals surface area contributed by atoms with Gasteiger partial charge in [0.15, 0.2) is 0 Å². The topological polar surface area (TPSA) is 50.2 Å². The molecule has 0 bridgehead atoms. The molecule has 4 rings (SSSR count). The Hall–Kier alpha value is -2.92. The summed E-state index contributed by atoms with van der Waals surface area (Å²) in [4.78, 5) is 17.1. The number of thioether (sulfide) groups is 1. The average molecular weight is 558 g/mol. The highest BCUT2D eigenvalue weighted by Crippen LogP contribution is 2.39. The van der Waals surface area contributed by atoms with Crippen molar-refractivity contribution in [2.24, 2.45) is 0 Å². The van der Waals surface area contributed by atoms with Gasteiger partial charge < -0.3 is 5.11 Å². The summed E-state index contributed by atoms with van der Waals surface area (Å²) in [5, 5.41) is 12.5. The second-order valence-corrected chi connectivity index (χ2v) is 12.3. The van der Waals surface area contributed by atoms with Gasteiger partial charge in [0.1, 0.15) is 5.78 Å². The lowest BCUT2D eigenvalue weighted by Gasteiger charge is -2.25. The van der Waals surface area contributed by atoms with Crippen LogP contribution in [0.4, 0.5) is 0 Å². The van der Waals surface area contributed by atoms with E-state index in [0.29, 0.717) is 5.02 Å². The summed E-state index contributed by atoms with van der Waals surface area (Å²) in [6, 6.07) is 26.4. The normalized spacial score (nSPS) is 13.6. The Balaban J connectivity index is 1.59. The lowest BCUT2D eigenvalue weighted by Crippen LogP contribution is -2.18. The number of aromatic nitrogens is 1. The first-order valence-corrected chi connectivity index (χ1v) is 14.8. The average Bonchev–Trinajstić information content (AvgIpc) is 2.91. The molecule has 1 unspecified atom stereocenters. The minimum atomic E-state index is -0.905. The lowest BCUT2D eigenvalue weighted by molar-refractivity contribution is -0.116. The number of carbonyl (C=O) groups is 1. The number of hydrogen-bond acceptors (Lipinski definition) is 4. The standard InChI is InChI=1S/C34H36ClNO2S/c1-5-32(23(2)37)39-33(20-16-25-10-6-7-12-30(25)34(3,4)38)27-11-8-9-24(21-27)13-18-29-19-15-26-14-17-28(35)22-31(26)36-29/h6-15,17-19,21-22,32-33,38H,5,16,20H2,1-4H3/t32?,33-/m1/s1. The number of carbonyl (C=O) groups excluding carboxylic acids is 1. The fourth-order valence-electron chi connectivity index (χ4n) is 4.86. The molecule has 0 fully saturated rings. The Morgan fingerprint density at radius 3 is 2.54 bits per heavy atom. The van der Waals surface area contributed by atoms with Gasteiger partial charge in [0, 0.05) is 15.7 Å². The van der Waals surface area contributed by atoms with Gasteiger partial charge in [-0.05, 0) is 86.6 Å². The van der Waals surface area contributed by atoms with E-state index in [9.17, 15) is 9.90 Å². The lowest BCUT2D eigenvalue weighted by atomic mass is 9.90. The maximum absolute atomic E-state index is 12.4. The monoisotopic (exact) mass is 557 g/mol. The number of nitrogens with zero attached hydrogens (tertiary/aromatic N) is 1. The van der Waals surface area contributed by atoms with Gasteiger partial charge >= 0.3 is 0 Å². The molecule has 2 atom stereocenters. The molecule has 3 nitrogen and oxygen atoms in total. The van der Waals surface area contributed by atoms with Crippen molar-refractivity contribution in [1.82, 2.24) is 4.98 Å². The fourth-order valence-corrected chi connectivity index (χ4v) is 6.36. The number of hydrogen-bond donors (Lipinski definition) is 1. The molecule has 202 valence electrons. The van der Waals surface area contributed by atoms with E-state index in [1.165, 1.54) is 5.56 Å². The van der Waals surface area contributed by atoms with Gasteiger partial charge in [0.05, 0.1) is 22.1 Å². The number of pyridine rings is 1. The molecule has 0 aliphatic carbocycles. The predicted octanol–water partition coefficient (Wildman–Crippen LogP) is 9.06. The number of benzene rings is 3. The summed E-state index contributed by atoms with van der Waals surface area (Å²) < 4.78 is 0. The zero-order valence-electron chi connectivity index (χ0n) is 23.0. The van der Waals surface area contributed by atoms with Crippen LogP contribution in [0.1, 0.15) is 73.7 Å². The summed E-state index contributed by atoms with van der Waals surface area (Å²) in [6.07, 6.45) is 6.58. The van der Waals surface area contributed by atoms with Crippen molar-refractivity contribution < 1.29 is 9.90 Å². The summed E-state index contributed by atoms with van der Waals surface area (Å²) in [5.74, 6) is 0.211. The second-order valence-electron chi connectivity index (χ2n) is 10.5. The minimum absolute atomic E-state index is 0.0488. The summed E-state index contributed by atoms with van der Waals surface area (Å²) in [5.41, 5.74) is 5.21. The molecule has 0 radical (unpaired) electrons. The Kier molecular flexibility index (Phi) is 9.66. The number of Topliss-reactive ketones (excluding diaryl/α,β-unsaturated/α-hetero) is 1. The van der Waals surface area contributed by atoms with Crippen LogP contribution < -0.4 is 0 Å². The molecular weight excluding hydrogens is 522 g/mol. The first-order chi connectivity index (χ1) is 18.6. The Morgan fingerprint density at radius 2 is 1.79 bits per heavy atom. The van der Waals surface area contributed by atoms with Gasteiger partial charge in [0.2, 0.25) is 0 Å². The van der Waals surface area contributed by atoms with E-state index in [2.05, 4.69) is 49.4 Å². The molecule has 0 aliphatic heterocycles. The van der Waals surface area contributed by atoms with Gasteiger partial charge in [-0.3, -0.25) is 4.79 Å². The zero-order valence-corrected chi connectivity index (χ0v) is 24.6. The third-order valence-electron chi connectivity index (χ3n) is 6.91. The molecule has 1 aromatic heterocycles. The van der Waals surface area contributed by atoms with Gasteiger partial charge in [-0.2, -0.15) is 0 Å². The summed E-state index contributed by atoms with van der Waals surface area (Å²) in [6.45, 7) is 7.42. The van der Waals surface area contributed by atoms with E-state index in [1.54, 1.807) is 18.7 Å². The number of fused-ring (bicyclic) bond motifs is 1. The van der Waals surface area contributed by atoms with Gasteiger partial charge in [0.25, 0.3) is 0 Å². The minimum Gasteiger partial charge on any atom is -0.386 e. The molecule has 0 saturated carbocycles. The van der Waals surface area contributed by atoms with Crippen molar-refractivity contribution in [2.45, 2.75) is 63.1 Å². The number of ketones is 1. The van der Waals surface area contributed by atoms with Crippen LogP contribution in [0.2, 0.25) is 5.02 Å². The van der Waals surface area contributed by atoms with Crippen molar-refractivity contribution in [3.05, 3.63) is 112 Å². The largest absolute Gasteiger partial charge is 0.386 e. The number of aryl methyl sites for hydroxylation is 1. The summed E-state index contributed by atoms with van der Waals surface area (Å²) >= 11 is 7.91. The Bertz CT molecular complexity index is 1470. The SMILES string of the molecule is CCC(S[C@H](CCc1ccccc1C(C)(C)O)c1cccc(C=Cc2ccc3ccc(Cl)cc3n2)c1)C(C)=O. The molecule has 5 heteroatoms. The van der Waals surface area contributed by atoms with E-state index in [4.69, 9.17) is 16.6 Å². The van der Waals surface area contributed by atoms with Crippen molar-refractivity contribution in [3.8, 4) is 0 Å². The smallest absolute Gasteiger partial charge is 0.142 e. The van der Waals surface area contributed by atoms with Crippen molar-refractivity contribution in [3.63, 3.8) is 0 Å². The van der Waals surface area contributed by atoms with Crippen molar-refractivity contribution in [1.29, 1.82) is 0 Å². The maximum Gasteiger partial charge on any atom is 0.142 e. The molecule has 0 saturated heterocycles. The van der Waals surface area contributed by atoms with Gasteiger partial charge in [-0.15, -0.1) is 11.8 Å². The van der Waals surface area contributed by atoms with E-state index < -0.39 is 5.60 Å². The van der Waals surface area contributed by atoms with Crippen LogP contribution in [0.5, 0.6) is 0 Å². The van der Waals surface area contributed by atoms with E-state index in [1.807, 2.05) is 62.4 Å². The Labute approximate surface area is 241 Å². The first-order valence-electron chi connectivity index (χ1n) is 13.4. The van der Waals surface area contributed by atoms with Crippen LogP contribution in [-0.4, -0.2) is 21.1 Å². The van der Waals surface area contributed by atoms with E-state index in [0.717, 1.165) is 52.5 Å². The molecule has 3 aromatic carbocycles. The fraction of sp³-hybridized carbons (Fsp3) is 0.294. The molecule has 4 aromatic rings. The molecule has 0 amide bonds. The Morgan fingerprint density at radius 1 is 1.03 bits per heavy atom. The highest BCUT2D eigenvalue weighted by Gasteiger charge is 2.23. The van der Waals surface area contributed by atoms with Crippen LogP contribution in [0.25, 0.3) is 23.1 Å². The number of aliphatic hydroxyl groups is 1. The van der Waals surface area contributed by atoms with Crippen LogP contribution in [0, 0.1) is 0 Å². The number of rotatable bonds is 11. The third-order valence-corrected chi connectivity index (χ3v) is 8.98. The van der Waals surface area contributed by atoms with Crippen molar-refractivity contribution in [2.75, 3.05) is 0 Å². The first kappa shape index (κ1) is 29.1. The van der Waals surface area contributed by atoms with Crippen LogP contribution >= 0.6 is 23.4 Å². The van der Waals surface area contributed by atoms with Gasteiger partial charge in [-0.25, -0.2) is 4.98 Å². The second kappa shape index (κ2) is 13.0. The third kappa shape index (κ3) is 7.82. The highest BCUT2D eigenvalue weighted by atomic mass is 35.5.